The van der Waals surface area contributed by atoms with Crippen LogP contribution in [-0.4, -0.2) is 41.0 Å². The third kappa shape index (κ3) is 2.70. The molecule has 2 aliphatic heterocycles. The first-order chi connectivity index (χ1) is 10.6. The number of carbonyl (C=O) groups excluding carboxylic acids is 1. The monoisotopic (exact) mass is 387 g/mol. The highest BCUT2D eigenvalue weighted by atomic mass is 35.5. The van der Waals surface area contributed by atoms with Crippen molar-refractivity contribution in [3.63, 3.8) is 0 Å². The van der Waals surface area contributed by atoms with E-state index in [0.717, 1.165) is 0 Å². The van der Waals surface area contributed by atoms with E-state index < -0.39 is 46.7 Å². The minimum atomic E-state index is -6.12. The van der Waals surface area contributed by atoms with Crippen molar-refractivity contribution in [2.75, 3.05) is 0 Å². The van der Waals surface area contributed by atoms with Crippen LogP contribution < -0.4 is 5.32 Å². The summed E-state index contributed by atoms with van der Waals surface area (Å²) in [4.78, 5) is 13.8. The van der Waals surface area contributed by atoms with E-state index in [4.69, 9.17) is 11.6 Å². The van der Waals surface area contributed by atoms with Crippen molar-refractivity contribution in [1.29, 1.82) is 0 Å². The van der Waals surface area contributed by atoms with Crippen molar-refractivity contribution in [1.82, 2.24) is 10.2 Å². The summed E-state index contributed by atoms with van der Waals surface area (Å²) in [7, 11) is 0. The molecule has 2 amide bonds. The zero-order chi connectivity index (χ0) is 18.7. The zero-order valence-electron chi connectivity index (χ0n) is 10.7. The normalized spacial score (nSPS) is 21.5. The number of fused-ring (bicyclic) bond motifs is 1. The summed E-state index contributed by atoms with van der Waals surface area (Å²) >= 11 is 5.32. The van der Waals surface area contributed by atoms with Crippen LogP contribution in [0.25, 0.3) is 0 Å². The smallest absolute Gasteiger partial charge is 0.297 e. The van der Waals surface area contributed by atoms with Gasteiger partial charge in [0, 0.05) is 6.20 Å². The summed E-state index contributed by atoms with van der Waals surface area (Å²) in [5.74, 6) is -1.41. The van der Waals surface area contributed by atoms with Crippen molar-refractivity contribution >= 4 is 23.5 Å². The Morgan fingerprint density at radius 3 is 1.96 bits per heavy atom. The molecule has 0 aromatic rings. The lowest BCUT2D eigenvalue weighted by atomic mass is 10.1. The van der Waals surface area contributed by atoms with E-state index in [1.165, 1.54) is 0 Å². The van der Waals surface area contributed by atoms with Crippen LogP contribution >= 0.6 is 11.6 Å². The number of carbonyl (C=O) groups is 1. The van der Waals surface area contributed by atoms with Gasteiger partial charge in [0.2, 0.25) is 0 Å². The molecule has 0 spiro atoms. The number of urea groups is 1. The second-order valence-corrected chi connectivity index (χ2v) is 4.92. The van der Waals surface area contributed by atoms with Crippen molar-refractivity contribution in [3.8, 4) is 0 Å². The Labute approximate surface area is 131 Å². The minimum Gasteiger partial charge on any atom is -0.297 e. The Morgan fingerprint density at radius 1 is 1.04 bits per heavy atom. The van der Waals surface area contributed by atoms with Gasteiger partial charge in [-0.1, -0.05) is 11.6 Å². The predicted octanol–water partition coefficient (Wildman–Crippen LogP) is 3.81. The van der Waals surface area contributed by atoms with E-state index in [1.807, 2.05) is 0 Å². The van der Waals surface area contributed by atoms with Crippen LogP contribution in [0.2, 0.25) is 0 Å². The average molecular weight is 388 g/mol. The molecule has 2 aliphatic rings. The zero-order valence-corrected chi connectivity index (χ0v) is 11.5. The lowest BCUT2D eigenvalue weighted by Gasteiger charge is -2.41. The Hall–Kier alpha value is -1.92. The maximum Gasteiger partial charge on any atom is 0.441 e. The maximum absolute atomic E-state index is 12.9. The molecule has 0 aromatic carbocycles. The summed E-state index contributed by atoms with van der Waals surface area (Å²) < 4.78 is 115. The van der Waals surface area contributed by atoms with Gasteiger partial charge in [-0.3, -0.25) is 10.2 Å². The number of rotatable bonds is 0. The molecule has 24 heavy (non-hydrogen) atoms. The van der Waals surface area contributed by atoms with Crippen molar-refractivity contribution in [2.45, 2.75) is 24.2 Å². The summed E-state index contributed by atoms with van der Waals surface area (Å²) in [6, 6.07) is -2.12. The number of hydrogen-bond acceptors (Lipinski definition) is 2. The van der Waals surface area contributed by atoms with Gasteiger partial charge in [-0.15, -0.1) is 0 Å². The molecule has 0 bridgehead atoms. The minimum absolute atomic E-state index is 0.0171. The highest BCUT2D eigenvalue weighted by Gasteiger charge is 2.74. The van der Waals surface area contributed by atoms with Gasteiger partial charge in [-0.2, -0.15) is 39.5 Å². The first-order valence-corrected chi connectivity index (χ1v) is 5.99. The Morgan fingerprint density at radius 2 is 1.54 bits per heavy atom. The number of halogens is 10. The number of aliphatic imine (C=N–C) groups is 1. The fraction of sp³-hybridized carbons (Fsp3) is 0.400. The van der Waals surface area contributed by atoms with Gasteiger partial charge >= 0.3 is 30.2 Å². The second kappa shape index (κ2) is 5.04. The lowest BCUT2D eigenvalue weighted by molar-refractivity contribution is -0.302. The molecule has 1 N–H and O–H groups in total. The van der Waals surface area contributed by atoms with Crippen molar-refractivity contribution in [2.24, 2.45) is 4.99 Å². The molecule has 0 unspecified atom stereocenters. The summed E-state index contributed by atoms with van der Waals surface area (Å²) in [5, 5.41) is -0.657. The molecule has 4 nitrogen and oxygen atoms in total. The summed E-state index contributed by atoms with van der Waals surface area (Å²) in [6.45, 7) is 0. The van der Waals surface area contributed by atoms with E-state index in [0.29, 0.717) is 5.32 Å². The largest absolute Gasteiger partial charge is 0.441 e. The van der Waals surface area contributed by atoms with Crippen LogP contribution in [0.5, 0.6) is 0 Å². The molecule has 0 saturated carbocycles. The van der Waals surface area contributed by atoms with Crippen molar-refractivity contribution < 1.29 is 44.3 Å². The van der Waals surface area contributed by atoms with Gasteiger partial charge in [0.05, 0.1) is 10.6 Å². The molecular formula is C10H3ClF9N3O. The number of amides is 2. The summed E-state index contributed by atoms with van der Waals surface area (Å²) in [5.41, 5.74) is -6.59. The Balaban J connectivity index is 2.67. The molecule has 134 valence electrons. The number of nitrogens with zero attached hydrogens (tertiary/aromatic N) is 2. The van der Waals surface area contributed by atoms with Crippen LogP contribution in [0.4, 0.5) is 44.3 Å². The number of alkyl halides is 9. The van der Waals surface area contributed by atoms with Crippen LogP contribution in [-0.2, 0) is 0 Å². The van der Waals surface area contributed by atoms with Crippen molar-refractivity contribution in [3.05, 3.63) is 22.9 Å². The van der Waals surface area contributed by atoms with E-state index in [9.17, 15) is 44.3 Å². The number of amidine groups is 1. The maximum atomic E-state index is 12.9. The topological polar surface area (TPSA) is 44.7 Å². The van der Waals surface area contributed by atoms with E-state index >= 15 is 0 Å². The molecule has 2 rings (SSSR count). The quantitative estimate of drug-likeness (QED) is 0.631. The molecule has 2 heterocycles. The summed E-state index contributed by atoms with van der Waals surface area (Å²) in [6.07, 6.45) is -17.2. The molecule has 14 heteroatoms. The standard InChI is InChI=1S/C10H3ClF9N3O/c11-4-1-3(7(12,13)14)2-23-5(4)21-8(9(15,16)17,10(18,19)20)22-6(23)24/h1-2H,(H,22,24). The molecule has 0 radical (unpaired) electrons. The predicted molar refractivity (Wildman–Crippen MR) is 60.7 cm³/mol. The molecular weight excluding hydrogens is 385 g/mol. The Kier molecular flexibility index (Phi) is 3.87. The van der Waals surface area contributed by atoms with Gasteiger partial charge < -0.3 is 0 Å². The van der Waals surface area contributed by atoms with Gasteiger partial charge in [0.1, 0.15) is 0 Å². The van der Waals surface area contributed by atoms with E-state index in [2.05, 4.69) is 4.99 Å². The Bertz CT molecular complexity index is 657. The highest BCUT2D eigenvalue weighted by Crippen LogP contribution is 2.47. The second-order valence-electron chi connectivity index (χ2n) is 4.52. The molecule has 0 atom stereocenters. The molecule has 0 fully saturated rings. The number of hydrogen-bond donors (Lipinski definition) is 1. The molecule has 0 saturated heterocycles. The van der Waals surface area contributed by atoms with Crippen LogP contribution in [0.15, 0.2) is 27.9 Å². The third-order valence-electron chi connectivity index (χ3n) is 2.92. The lowest BCUT2D eigenvalue weighted by Crippen LogP contribution is -2.71. The molecule has 0 aliphatic carbocycles. The first kappa shape index (κ1) is 18.4. The third-order valence-corrected chi connectivity index (χ3v) is 3.20. The average Bonchev–Trinajstić information content (AvgIpc) is 2.35. The molecule has 0 aromatic heterocycles. The fourth-order valence-electron chi connectivity index (χ4n) is 1.80. The first-order valence-electron chi connectivity index (χ1n) is 5.61. The van der Waals surface area contributed by atoms with Crippen LogP contribution in [0, 0.1) is 0 Å². The van der Waals surface area contributed by atoms with Crippen LogP contribution in [0.3, 0.4) is 0 Å². The van der Waals surface area contributed by atoms with E-state index in [-0.39, 0.29) is 17.2 Å². The van der Waals surface area contributed by atoms with E-state index in [1.54, 1.807) is 0 Å². The van der Waals surface area contributed by atoms with Gasteiger partial charge in [-0.25, -0.2) is 9.79 Å². The van der Waals surface area contributed by atoms with Crippen LogP contribution in [0.1, 0.15) is 0 Å². The SMILES string of the molecule is O=C1NC(C(F)(F)F)(C(F)(F)F)N=C2C(Cl)=CC(C(F)(F)F)=CN12. The van der Waals surface area contributed by atoms with Gasteiger partial charge in [-0.05, 0) is 6.08 Å². The number of allylic oxidation sites excluding steroid dienone is 2. The number of nitrogens with one attached hydrogen (secondary N) is 1. The fourth-order valence-corrected chi connectivity index (χ4v) is 2.05. The highest BCUT2D eigenvalue weighted by molar-refractivity contribution is 6.44. The van der Waals surface area contributed by atoms with Gasteiger partial charge in [0.25, 0.3) is 0 Å². The van der Waals surface area contributed by atoms with Gasteiger partial charge in [0.15, 0.2) is 5.84 Å².